The van der Waals surface area contributed by atoms with Gasteiger partial charge in [-0.2, -0.15) is 5.26 Å². The van der Waals surface area contributed by atoms with Gasteiger partial charge < -0.3 is 10.0 Å². The van der Waals surface area contributed by atoms with Crippen molar-refractivity contribution in [2.24, 2.45) is 5.41 Å². The largest absolute Gasteiger partial charge is 0.478 e. The summed E-state index contributed by atoms with van der Waals surface area (Å²) in [6, 6.07) is 9.42. The number of hydrogen-bond acceptors (Lipinski definition) is 3. The number of hydrogen-bond donors (Lipinski definition) is 1. The second kappa shape index (κ2) is 6.06. The lowest BCUT2D eigenvalue weighted by molar-refractivity contribution is 0.0695. The van der Waals surface area contributed by atoms with Crippen molar-refractivity contribution in [1.82, 2.24) is 4.90 Å². The van der Waals surface area contributed by atoms with Crippen LogP contribution in [0.1, 0.15) is 35.2 Å². The van der Waals surface area contributed by atoms with Gasteiger partial charge in [-0.05, 0) is 43.4 Å². The first-order valence-corrected chi connectivity index (χ1v) is 6.93. The van der Waals surface area contributed by atoms with Gasteiger partial charge in [0, 0.05) is 19.5 Å². The van der Waals surface area contributed by atoms with Crippen LogP contribution < -0.4 is 0 Å². The van der Waals surface area contributed by atoms with Crippen molar-refractivity contribution in [3.63, 3.8) is 0 Å². The average molecular weight is 272 g/mol. The zero-order valence-corrected chi connectivity index (χ0v) is 11.8. The maximum atomic E-state index is 11.1. The molecule has 1 aromatic rings. The van der Waals surface area contributed by atoms with Crippen LogP contribution in [0.5, 0.6) is 0 Å². The lowest BCUT2D eigenvalue weighted by atomic mass is 10.0. The monoisotopic (exact) mass is 272 g/mol. The Morgan fingerprint density at radius 1 is 1.45 bits per heavy atom. The number of aromatic carboxylic acids is 1. The molecule has 0 unspecified atom stereocenters. The molecule has 1 fully saturated rings. The third kappa shape index (κ3) is 3.58. The van der Waals surface area contributed by atoms with Crippen molar-refractivity contribution in [2.75, 3.05) is 20.1 Å². The highest BCUT2D eigenvalue weighted by molar-refractivity contribution is 5.89. The van der Waals surface area contributed by atoms with Crippen LogP contribution in [0.15, 0.2) is 24.3 Å². The van der Waals surface area contributed by atoms with E-state index < -0.39 is 5.97 Å². The summed E-state index contributed by atoms with van der Waals surface area (Å²) >= 11 is 0. The summed E-state index contributed by atoms with van der Waals surface area (Å²) in [4.78, 5) is 13.4. The molecule has 0 radical (unpaired) electrons. The van der Waals surface area contributed by atoms with Crippen molar-refractivity contribution >= 4 is 5.97 Å². The van der Waals surface area contributed by atoms with Gasteiger partial charge in [0.25, 0.3) is 0 Å². The van der Waals surface area contributed by atoms with Crippen LogP contribution in [0.25, 0.3) is 0 Å². The molecule has 4 nitrogen and oxygen atoms in total. The highest BCUT2D eigenvalue weighted by atomic mass is 16.4. The molecule has 20 heavy (non-hydrogen) atoms. The number of benzene rings is 1. The zero-order chi connectivity index (χ0) is 14.6. The summed E-state index contributed by atoms with van der Waals surface area (Å²) < 4.78 is 0. The quantitative estimate of drug-likeness (QED) is 0.828. The molecule has 0 aromatic heterocycles. The maximum Gasteiger partial charge on any atom is 0.335 e. The van der Waals surface area contributed by atoms with Gasteiger partial charge in [-0.1, -0.05) is 18.2 Å². The summed E-state index contributed by atoms with van der Waals surface area (Å²) in [5, 5.41) is 18.0. The molecule has 4 heteroatoms. The van der Waals surface area contributed by atoms with Crippen molar-refractivity contribution in [3.05, 3.63) is 35.4 Å². The predicted molar refractivity (Wildman–Crippen MR) is 76.5 cm³/mol. The molecule has 1 aliphatic carbocycles. The van der Waals surface area contributed by atoms with E-state index in [1.54, 1.807) is 12.1 Å². The average Bonchev–Trinajstić information content (AvgIpc) is 3.16. The van der Waals surface area contributed by atoms with E-state index in [2.05, 4.69) is 11.0 Å². The molecule has 1 saturated carbocycles. The SMILES string of the molecule is CN(CCc1ccccc1C(=O)O)CC1(CC#N)CC1. The predicted octanol–water partition coefficient (Wildman–Crippen LogP) is 2.55. The van der Waals surface area contributed by atoms with E-state index >= 15 is 0 Å². The summed E-state index contributed by atoms with van der Waals surface area (Å²) in [7, 11) is 2.04. The minimum atomic E-state index is -0.869. The lowest BCUT2D eigenvalue weighted by Crippen LogP contribution is -2.29. The molecule has 1 aromatic carbocycles. The molecule has 2 rings (SSSR count). The van der Waals surface area contributed by atoms with Gasteiger partial charge in [0.05, 0.1) is 11.6 Å². The van der Waals surface area contributed by atoms with Gasteiger partial charge in [-0.25, -0.2) is 4.79 Å². The second-order valence-corrected chi connectivity index (χ2v) is 5.78. The van der Waals surface area contributed by atoms with Crippen molar-refractivity contribution in [2.45, 2.75) is 25.7 Å². The lowest BCUT2D eigenvalue weighted by Gasteiger charge is -2.22. The number of rotatable bonds is 7. The van der Waals surface area contributed by atoms with Gasteiger partial charge in [0.2, 0.25) is 0 Å². The maximum absolute atomic E-state index is 11.1. The van der Waals surface area contributed by atoms with Crippen molar-refractivity contribution in [1.29, 1.82) is 5.26 Å². The van der Waals surface area contributed by atoms with Gasteiger partial charge in [-0.3, -0.25) is 0 Å². The van der Waals surface area contributed by atoms with Crippen LogP contribution in [-0.2, 0) is 6.42 Å². The fourth-order valence-corrected chi connectivity index (χ4v) is 2.65. The molecule has 1 N–H and O–H groups in total. The molecule has 0 aliphatic heterocycles. The fourth-order valence-electron chi connectivity index (χ4n) is 2.65. The molecule has 0 spiro atoms. The molecule has 106 valence electrons. The third-order valence-corrected chi connectivity index (χ3v) is 4.03. The van der Waals surface area contributed by atoms with E-state index in [9.17, 15) is 4.79 Å². The summed E-state index contributed by atoms with van der Waals surface area (Å²) in [5.41, 5.74) is 1.46. The van der Waals surface area contributed by atoms with Crippen LogP contribution in [0.3, 0.4) is 0 Å². The summed E-state index contributed by atoms with van der Waals surface area (Å²) in [5.74, 6) is -0.869. The third-order valence-electron chi connectivity index (χ3n) is 4.03. The highest BCUT2D eigenvalue weighted by Gasteiger charge is 2.42. The van der Waals surface area contributed by atoms with E-state index in [0.29, 0.717) is 12.0 Å². The van der Waals surface area contributed by atoms with E-state index in [-0.39, 0.29) is 5.41 Å². The number of carbonyl (C=O) groups is 1. The molecule has 1 aliphatic rings. The minimum absolute atomic E-state index is 0.204. The molecule has 0 atom stereocenters. The fraction of sp³-hybridized carbons (Fsp3) is 0.500. The Balaban J connectivity index is 1.89. The summed E-state index contributed by atoms with van der Waals surface area (Å²) in [6.45, 7) is 1.74. The normalized spacial score (nSPS) is 15.8. The van der Waals surface area contributed by atoms with Crippen LogP contribution in [0.2, 0.25) is 0 Å². The van der Waals surface area contributed by atoms with E-state index in [0.717, 1.165) is 37.9 Å². The number of carboxylic acid groups (broad SMARTS) is 1. The standard InChI is InChI=1S/C16H20N2O2/c1-18(12-16(7-8-16)9-10-17)11-6-13-4-2-3-5-14(13)15(19)20/h2-5H,6-9,11-12H2,1H3,(H,19,20). The molecule has 0 amide bonds. The number of nitriles is 1. The first kappa shape index (κ1) is 14.5. The minimum Gasteiger partial charge on any atom is -0.478 e. The van der Waals surface area contributed by atoms with Crippen LogP contribution in [-0.4, -0.2) is 36.1 Å². The van der Waals surface area contributed by atoms with E-state index in [1.807, 2.05) is 19.2 Å². The number of likely N-dealkylation sites (N-methyl/N-ethyl adjacent to an activating group) is 1. The van der Waals surface area contributed by atoms with Crippen molar-refractivity contribution < 1.29 is 9.90 Å². The number of nitrogens with zero attached hydrogens (tertiary/aromatic N) is 2. The first-order valence-electron chi connectivity index (χ1n) is 6.93. The molecular formula is C16H20N2O2. The highest BCUT2D eigenvalue weighted by Crippen LogP contribution is 2.48. The Bertz CT molecular complexity index is 530. The molecule has 0 heterocycles. The molecular weight excluding hydrogens is 252 g/mol. The Morgan fingerprint density at radius 2 is 2.15 bits per heavy atom. The topological polar surface area (TPSA) is 64.3 Å². The first-order chi connectivity index (χ1) is 9.56. The van der Waals surface area contributed by atoms with E-state index in [4.69, 9.17) is 10.4 Å². The van der Waals surface area contributed by atoms with Gasteiger partial charge in [0.1, 0.15) is 0 Å². The molecule has 0 saturated heterocycles. The van der Waals surface area contributed by atoms with E-state index in [1.165, 1.54) is 0 Å². The van der Waals surface area contributed by atoms with Crippen LogP contribution in [0, 0.1) is 16.7 Å². The Labute approximate surface area is 119 Å². The number of carboxylic acids is 1. The smallest absolute Gasteiger partial charge is 0.335 e. The van der Waals surface area contributed by atoms with Gasteiger partial charge >= 0.3 is 5.97 Å². The van der Waals surface area contributed by atoms with Gasteiger partial charge in [-0.15, -0.1) is 0 Å². The molecule has 0 bridgehead atoms. The summed E-state index contributed by atoms with van der Waals surface area (Å²) in [6.07, 6.45) is 3.62. The van der Waals surface area contributed by atoms with Gasteiger partial charge in [0.15, 0.2) is 0 Å². The van der Waals surface area contributed by atoms with Crippen LogP contribution in [0.4, 0.5) is 0 Å². The van der Waals surface area contributed by atoms with Crippen molar-refractivity contribution in [3.8, 4) is 6.07 Å². The Morgan fingerprint density at radius 3 is 2.75 bits per heavy atom. The van der Waals surface area contributed by atoms with Crippen LogP contribution >= 0.6 is 0 Å². The second-order valence-electron chi connectivity index (χ2n) is 5.78. The Hall–Kier alpha value is -1.86. The Kier molecular flexibility index (Phi) is 4.41. The zero-order valence-electron chi connectivity index (χ0n) is 11.8.